The number of carbonyl (C=O) groups excluding carboxylic acids is 1. The molecule has 0 bridgehead atoms. The molecule has 0 radical (unpaired) electrons. The molecule has 0 unspecified atom stereocenters. The quantitative estimate of drug-likeness (QED) is 0.200. The first kappa shape index (κ1) is 23.2. The van der Waals surface area contributed by atoms with Gasteiger partial charge in [-0.2, -0.15) is 0 Å². The lowest BCUT2D eigenvalue weighted by Gasteiger charge is -2.07. The molecule has 0 aliphatic carbocycles. The summed E-state index contributed by atoms with van der Waals surface area (Å²) in [6, 6.07) is 9.25. The van der Waals surface area contributed by atoms with Crippen molar-refractivity contribution in [2.75, 3.05) is 11.1 Å². The summed E-state index contributed by atoms with van der Waals surface area (Å²) in [6.45, 7) is 0. The highest BCUT2D eigenvalue weighted by atomic mass is 35.5. The van der Waals surface area contributed by atoms with Crippen LogP contribution in [-0.4, -0.2) is 26.8 Å². The molecule has 4 rings (SSSR count). The highest BCUT2D eigenvalue weighted by Crippen LogP contribution is 2.39. The smallest absolute Gasteiger partial charge is 0.303 e. The minimum absolute atomic E-state index is 0.0209. The Labute approximate surface area is 198 Å². The number of hydrogen-bond donors (Lipinski definition) is 3. The Morgan fingerprint density at radius 2 is 1.85 bits per heavy atom. The number of carboxylic acid groups (broad SMARTS) is 1. The number of nitrogens with two attached hydrogens (primary N) is 1. The molecule has 174 valence electrons. The first-order chi connectivity index (χ1) is 16.3. The summed E-state index contributed by atoms with van der Waals surface area (Å²) in [5, 5.41) is 12.4. The number of Topliss-reactive ketones (excluding diaryl/α,β-unsaturated/α-hetero) is 1. The molecular weight excluding hydrogens is 463 g/mol. The zero-order valence-electron chi connectivity index (χ0n) is 17.8. The van der Waals surface area contributed by atoms with Crippen molar-refractivity contribution in [2.45, 2.75) is 25.7 Å². The van der Waals surface area contributed by atoms with E-state index in [-0.39, 0.29) is 35.2 Å². The molecular formula is C24H20ClFN4O4. The molecule has 8 nitrogen and oxygen atoms in total. The van der Waals surface area contributed by atoms with E-state index in [1.54, 1.807) is 24.4 Å². The van der Waals surface area contributed by atoms with Gasteiger partial charge in [0, 0.05) is 36.5 Å². The van der Waals surface area contributed by atoms with Crippen LogP contribution in [0.3, 0.4) is 0 Å². The third-order valence-corrected chi connectivity index (χ3v) is 5.47. The normalized spacial score (nSPS) is 11.0. The molecule has 0 aliphatic heterocycles. The number of aliphatic carboxylic acids is 1. The fourth-order valence-corrected chi connectivity index (χ4v) is 3.70. The molecule has 0 saturated heterocycles. The molecule has 3 aromatic heterocycles. The number of ketones is 1. The number of nitrogens with zero attached hydrogens (tertiary/aromatic N) is 2. The number of fused-ring (bicyclic) bond motifs is 1. The van der Waals surface area contributed by atoms with Crippen molar-refractivity contribution in [3.8, 4) is 11.3 Å². The summed E-state index contributed by atoms with van der Waals surface area (Å²) in [4.78, 5) is 31.7. The average Bonchev–Trinajstić information content (AvgIpc) is 3.14. The Balaban J connectivity index is 1.62. The molecule has 0 spiro atoms. The van der Waals surface area contributed by atoms with Crippen molar-refractivity contribution in [1.29, 1.82) is 0 Å². The fraction of sp³-hybridized carbons (Fsp3) is 0.167. The van der Waals surface area contributed by atoms with Gasteiger partial charge in [0.2, 0.25) is 5.88 Å². The lowest BCUT2D eigenvalue weighted by atomic mass is 10.1. The molecule has 4 N–H and O–H groups in total. The van der Waals surface area contributed by atoms with Gasteiger partial charge in [-0.1, -0.05) is 11.6 Å². The van der Waals surface area contributed by atoms with Crippen molar-refractivity contribution in [1.82, 2.24) is 9.97 Å². The van der Waals surface area contributed by atoms with E-state index >= 15 is 0 Å². The van der Waals surface area contributed by atoms with Crippen LogP contribution in [-0.2, 0) is 4.79 Å². The van der Waals surface area contributed by atoms with Crippen molar-refractivity contribution in [3.63, 3.8) is 0 Å². The lowest BCUT2D eigenvalue weighted by Crippen LogP contribution is -2.03. The van der Waals surface area contributed by atoms with Crippen LogP contribution in [0.25, 0.3) is 22.2 Å². The number of nitrogen functional groups attached to an aromatic ring is 1. The van der Waals surface area contributed by atoms with E-state index in [4.69, 9.17) is 26.9 Å². The van der Waals surface area contributed by atoms with Crippen LogP contribution in [0.2, 0.25) is 5.02 Å². The second-order valence-corrected chi connectivity index (χ2v) is 7.99. The molecule has 34 heavy (non-hydrogen) atoms. The number of aromatic nitrogens is 2. The summed E-state index contributed by atoms with van der Waals surface area (Å²) >= 11 is 5.87. The number of carbonyl (C=O) groups is 2. The van der Waals surface area contributed by atoms with Gasteiger partial charge < -0.3 is 20.6 Å². The van der Waals surface area contributed by atoms with Gasteiger partial charge in [0.15, 0.2) is 11.4 Å². The van der Waals surface area contributed by atoms with Crippen LogP contribution in [0.4, 0.5) is 21.6 Å². The Bertz CT molecular complexity index is 1390. The van der Waals surface area contributed by atoms with Crippen LogP contribution >= 0.6 is 11.6 Å². The third-order valence-electron chi connectivity index (χ3n) is 5.18. The van der Waals surface area contributed by atoms with Crippen LogP contribution in [0.5, 0.6) is 0 Å². The van der Waals surface area contributed by atoms with Crippen LogP contribution in [0.1, 0.15) is 36.2 Å². The maximum Gasteiger partial charge on any atom is 0.303 e. The number of halogens is 2. The molecule has 0 saturated carbocycles. The molecule has 0 fully saturated rings. The van der Waals surface area contributed by atoms with Gasteiger partial charge >= 0.3 is 5.97 Å². The average molecular weight is 483 g/mol. The summed E-state index contributed by atoms with van der Waals surface area (Å²) < 4.78 is 19.3. The zero-order valence-corrected chi connectivity index (χ0v) is 18.6. The Morgan fingerprint density at radius 1 is 1.09 bits per heavy atom. The minimum Gasteiger partial charge on any atom is -0.481 e. The highest BCUT2D eigenvalue weighted by Gasteiger charge is 2.18. The van der Waals surface area contributed by atoms with Crippen molar-refractivity contribution >= 4 is 51.6 Å². The van der Waals surface area contributed by atoms with E-state index in [0.29, 0.717) is 46.4 Å². The van der Waals surface area contributed by atoms with Gasteiger partial charge in [-0.3, -0.25) is 19.6 Å². The third kappa shape index (κ3) is 4.99. The van der Waals surface area contributed by atoms with Crippen LogP contribution in [0.15, 0.2) is 53.2 Å². The van der Waals surface area contributed by atoms with Crippen LogP contribution in [0, 0.1) is 5.82 Å². The fourth-order valence-electron chi connectivity index (χ4n) is 3.52. The van der Waals surface area contributed by atoms with Crippen LogP contribution < -0.4 is 11.1 Å². The Morgan fingerprint density at radius 3 is 2.62 bits per heavy atom. The van der Waals surface area contributed by atoms with Gasteiger partial charge in [-0.15, -0.1) is 0 Å². The molecule has 0 amide bonds. The van der Waals surface area contributed by atoms with E-state index < -0.39 is 11.8 Å². The molecule has 0 atom stereocenters. The van der Waals surface area contributed by atoms with E-state index in [1.807, 2.05) is 0 Å². The van der Waals surface area contributed by atoms with Gasteiger partial charge in [-0.05, 0) is 49.2 Å². The lowest BCUT2D eigenvalue weighted by molar-refractivity contribution is -0.137. The molecule has 3 heterocycles. The van der Waals surface area contributed by atoms with E-state index in [0.717, 1.165) is 0 Å². The first-order valence-corrected chi connectivity index (χ1v) is 10.8. The standard InChI is InChI=1S/C24H20ClFN4O4/c25-16-12-14(5-6-17(16)26)30-22-15-8-10-29-21(23(15)34-24(22)27)13-7-9-28-18(11-13)19(31)3-1-2-4-20(32)33/h5-12,30H,1-4,27H2,(H,32,33). The second kappa shape index (κ2) is 9.88. The molecule has 4 aromatic rings. The largest absolute Gasteiger partial charge is 0.481 e. The SMILES string of the molecule is Nc1oc2c(-c3ccnc(C(=O)CCCCC(=O)O)c3)nccc2c1Nc1ccc(F)c(Cl)c1. The first-order valence-electron chi connectivity index (χ1n) is 10.4. The van der Waals surface area contributed by atoms with Gasteiger partial charge in [0.1, 0.15) is 22.9 Å². The summed E-state index contributed by atoms with van der Waals surface area (Å²) in [7, 11) is 0. The molecule has 10 heteroatoms. The molecule has 1 aromatic carbocycles. The van der Waals surface area contributed by atoms with Gasteiger partial charge in [-0.25, -0.2) is 4.39 Å². The number of furan rings is 1. The number of anilines is 3. The maximum absolute atomic E-state index is 13.5. The molecule has 0 aliphatic rings. The highest BCUT2D eigenvalue weighted by molar-refractivity contribution is 6.31. The maximum atomic E-state index is 13.5. The predicted octanol–water partition coefficient (Wildman–Crippen LogP) is 5.84. The van der Waals surface area contributed by atoms with Crippen molar-refractivity contribution in [2.24, 2.45) is 0 Å². The predicted molar refractivity (Wildman–Crippen MR) is 127 cm³/mol. The second-order valence-electron chi connectivity index (χ2n) is 7.59. The number of hydrogen-bond acceptors (Lipinski definition) is 7. The van der Waals surface area contributed by atoms with Gasteiger partial charge in [0.05, 0.1) is 10.4 Å². The van der Waals surface area contributed by atoms with Crippen molar-refractivity contribution < 1.29 is 23.5 Å². The van der Waals surface area contributed by atoms with E-state index in [1.165, 1.54) is 24.4 Å². The monoisotopic (exact) mass is 482 g/mol. The number of nitrogens with one attached hydrogen (secondary N) is 1. The summed E-state index contributed by atoms with van der Waals surface area (Å²) in [5.41, 5.74) is 8.85. The number of pyridine rings is 2. The van der Waals surface area contributed by atoms with E-state index in [9.17, 15) is 14.0 Å². The van der Waals surface area contributed by atoms with Crippen molar-refractivity contribution in [3.05, 3.63) is 65.3 Å². The zero-order chi connectivity index (χ0) is 24.2. The summed E-state index contributed by atoms with van der Waals surface area (Å²) in [5.74, 6) is -1.50. The number of rotatable bonds is 9. The van der Waals surface area contributed by atoms with E-state index in [2.05, 4.69) is 15.3 Å². The Kier molecular flexibility index (Phi) is 6.74. The number of carboxylic acids is 1. The minimum atomic E-state index is -0.888. The van der Waals surface area contributed by atoms with Gasteiger partial charge in [0.25, 0.3) is 0 Å². The number of benzene rings is 1. The Hall–Kier alpha value is -3.98. The summed E-state index contributed by atoms with van der Waals surface area (Å²) in [6.07, 6.45) is 4.19. The topological polar surface area (TPSA) is 131 Å². The number of unbranched alkanes of at least 4 members (excludes halogenated alkanes) is 1.